The van der Waals surface area contributed by atoms with E-state index in [1.807, 2.05) is 30.3 Å². The van der Waals surface area contributed by atoms with Gasteiger partial charge in [0, 0.05) is 31.7 Å². The van der Waals surface area contributed by atoms with E-state index in [0.29, 0.717) is 0 Å². The molecule has 1 unspecified atom stereocenters. The number of ether oxygens (including phenoxy) is 1. The van der Waals surface area contributed by atoms with Gasteiger partial charge in [-0.15, -0.1) is 11.8 Å². The second kappa shape index (κ2) is 6.00. The molecule has 2 N–H and O–H groups in total. The third-order valence-electron chi connectivity index (χ3n) is 3.16. The molecule has 104 valence electrons. The van der Waals surface area contributed by atoms with Crippen LogP contribution in [0.4, 0.5) is 5.69 Å². The molecule has 1 heterocycles. The van der Waals surface area contributed by atoms with Crippen LogP contribution in [0.3, 0.4) is 0 Å². The summed E-state index contributed by atoms with van der Waals surface area (Å²) < 4.78 is 8.07. The van der Waals surface area contributed by atoms with Crippen molar-refractivity contribution in [2.24, 2.45) is 0 Å². The molecule has 0 aliphatic carbocycles. The molecule has 5 heteroatoms. The molecule has 1 aliphatic rings. The van der Waals surface area contributed by atoms with Crippen molar-refractivity contribution in [1.82, 2.24) is 0 Å². The zero-order chi connectivity index (χ0) is 14.1. The van der Waals surface area contributed by atoms with Crippen LogP contribution in [-0.4, -0.2) is 11.9 Å². The van der Waals surface area contributed by atoms with E-state index in [1.54, 1.807) is 11.8 Å². The number of anilines is 1. The van der Waals surface area contributed by atoms with Crippen LogP contribution in [0.2, 0.25) is 0 Å². The van der Waals surface area contributed by atoms with Crippen LogP contribution in [0, 0.1) is 0 Å². The number of hydrogen-bond acceptors (Lipinski definition) is 3. The fraction of sp³-hybridized carbons (Fsp3) is 0.200. The Balaban J connectivity index is 1.63. The van der Waals surface area contributed by atoms with Crippen molar-refractivity contribution in [3.8, 4) is 5.75 Å². The highest BCUT2D eigenvalue weighted by Gasteiger charge is 2.23. The summed E-state index contributed by atoms with van der Waals surface area (Å²) in [6.45, 7) is 0. The van der Waals surface area contributed by atoms with E-state index in [2.05, 4.69) is 37.9 Å². The summed E-state index contributed by atoms with van der Waals surface area (Å²) in [6, 6.07) is 12.2. The number of nitrogens with two attached hydrogens (primary N) is 1. The summed E-state index contributed by atoms with van der Waals surface area (Å²) in [7, 11) is 0. The van der Waals surface area contributed by atoms with E-state index in [9.17, 15) is 0 Å². The number of benzene rings is 2. The molecule has 0 saturated carbocycles. The number of fused-ring (bicyclic) bond motifs is 1. The average Bonchev–Trinajstić information content (AvgIpc) is 2.79. The molecule has 1 aliphatic heterocycles. The molecule has 2 nitrogen and oxygen atoms in total. The number of rotatable bonds is 3. The van der Waals surface area contributed by atoms with E-state index in [1.165, 1.54) is 5.56 Å². The van der Waals surface area contributed by atoms with Crippen LogP contribution in [0.5, 0.6) is 5.75 Å². The Labute approximate surface area is 139 Å². The van der Waals surface area contributed by atoms with Gasteiger partial charge in [-0.3, -0.25) is 0 Å². The van der Waals surface area contributed by atoms with Gasteiger partial charge in [0.1, 0.15) is 11.9 Å². The van der Waals surface area contributed by atoms with Crippen LogP contribution in [0.1, 0.15) is 5.56 Å². The highest BCUT2D eigenvalue weighted by molar-refractivity contribution is 9.10. The molecule has 0 saturated heterocycles. The van der Waals surface area contributed by atoms with Crippen molar-refractivity contribution in [3.05, 3.63) is 50.9 Å². The third-order valence-corrected chi connectivity index (χ3v) is 5.37. The molecule has 2 aromatic rings. The molecule has 20 heavy (non-hydrogen) atoms. The Hall–Kier alpha value is -0.650. The minimum atomic E-state index is 0.215. The van der Waals surface area contributed by atoms with Crippen LogP contribution in [-0.2, 0) is 6.42 Å². The highest BCUT2D eigenvalue weighted by atomic mass is 79.9. The normalized spacial score (nSPS) is 16.8. The van der Waals surface area contributed by atoms with Crippen LogP contribution in [0.15, 0.2) is 50.2 Å². The number of nitrogen functional groups attached to an aromatic ring is 1. The summed E-state index contributed by atoms with van der Waals surface area (Å²) in [5.41, 5.74) is 8.09. The molecule has 2 aromatic carbocycles. The summed E-state index contributed by atoms with van der Waals surface area (Å²) >= 11 is 8.66. The summed E-state index contributed by atoms with van der Waals surface area (Å²) in [4.78, 5) is 1.11. The van der Waals surface area contributed by atoms with Gasteiger partial charge in [-0.2, -0.15) is 0 Å². The Kier molecular flexibility index (Phi) is 4.29. The van der Waals surface area contributed by atoms with E-state index in [4.69, 9.17) is 10.5 Å². The predicted octanol–water partition coefficient (Wildman–Crippen LogP) is 4.89. The molecule has 3 rings (SSSR count). The minimum Gasteiger partial charge on any atom is -0.489 e. The number of halogens is 2. The van der Waals surface area contributed by atoms with Crippen molar-refractivity contribution in [2.45, 2.75) is 17.4 Å². The maximum atomic E-state index is 6.01. The van der Waals surface area contributed by atoms with Crippen molar-refractivity contribution >= 4 is 49.3 Å². The van der Waals surface area contributed by atoms with Gasteiger partial charge < -0.3 is 10.5 Å². The predicted molar refractivity (Wildman–Crippen MR) is 91.5 cm³/mol. The second-order valence-electron chi connectivity index (χ2n) is 4.69. The topological polar surface area (TPSA) is 35.2 Å². The zero-order valence-corrected chi connectivity index (χ0v) is 14.6. The van der Waals surface area contributed by atoms with Crippen molar-refractivity contribution < 1.29 is 4.74 Å². The van der Waals surface area contributed by atoms with Gasteiger partial charge in [0.05, 0.1) is 0 Å². The lowest BCUT2D eigenvalue weighted by molar-refractivity contribution is 0.259. The van der Waals surface area contributed by atoms with Crippen molar-refractivity contribution in [2.75, 3.05) is 11.5 Å². The maximum absolute atomic E-state index is 6.01. The molecule has 0 amide bonds. The quantitative estimate of drug-likeness (QED) is 0.573. The van der Waals surface area contributed by atoms with Gasteiger partial charge in [-0.25, -0.2) is 0 Å². The lowest BCUT2D eigenvalue weighted by atomic mass is 10.1. The highest BCUT2D eigenvalue weighted by Crippen LogP contribution is 2.35. The molecular formula is C15H13Br2NOS. The number of hydrogen-bond donors (Lipinski definition) is 1. The van der Waals surface area contributed by atoms with E-state index < -0.39 is 0 Å². The Morgan fingerprint density at radius 2 is 1.90 bits per heavy atom. The number of thioether (sulfide) groups is 1. The first kappa shape index (κ1) is 14.3. The second-order valence-corrected chi connectivity index (χ2v) is 7.58. The Morgan fingerprint density at radius 1 is 1.15 bits per heavy atom. The molecule has 0 fully saturated rings. The van der Waals surface area contributed by atoms with Gasteiger partial charge in [-0.1, -0.05) is 31.9 Å². The van der Waals surface area contributed by atoms with Crippen molar-refractivity contribution in [3.63, 3.8) is 0 Å². The molecular weight excluding hydrogens is 402 g/mol. The van der Waals surface area contributed by atoms with Gasteiger partial charge >= 0.3 is 0 Å². The first-order chi connectivity index (χ1) is 9.61. The molecule has 0 radical (unpaired) electrons. The lowest BCUT2D eigenvalue weighted by Crippen LogP contribution is -2.15. The Bertz CT molecular complexity index is 648. The summed E-state index contributed by atoms with van der Waals surface area (Å²) in [5, 5.41) is 0. The van der Waals surface area contributed by atoms with Gasteiger partial charge in [0.25, 0.3) is 0 Å². The SMILES string of the molecule is Nc1cc(Br)ccc1SCC1Cc2cc(Br)ccc2O1. The average molecular weight is 415 g/mol. The zero-order valence-electron chi connectivity index (χ0n) is 10.6. The van der Waals surface area contributed by atoms with Gasteiger partial charge in [-0.05, 0) is 42.0 Å². The van der Waals surface area contributed by atoms with Gasteiger partial charge in [0.15, 0.2) is 0 Å². The van der Waals surface area contributed by atoms with Crippen LogP contribution in [0.25, 0.3) is 0 Å². The fourth-order valence-corrected chi connectivity index (χ4v) is 3.94. The summed E-state index contributed by atoms with van der Waals surface area (Å²) in [6.07, 6.45) is 1.17. The first-order valence-electron chi connectivity index (χ1n) is 6.25. The molecule has 1 atom stereocenters. The minimum absolute atomic E-state index is 0.215. The monoisotopic (exact) mass is 413 g/mol. The first-order valence-corrected chi connectivity index (χ1v) is 8.82. The van der Waals surface area contributed by atoms with Crippen molar-refractivity contribution in [1.29, 1.82) is 0 Å². The van der Waals surface area contributed by atoms with E-state index >= 15 is 0 Å². The largest absolute Gasteiger partial charge is 0.489 e. The van der Waals surface area contributed by atoms with E-state index in [0.717, 1.165) is 37.5 Å². The van der Waals surface area contributed by atoms with Gasteiger partial charge in [0.2, 0.25) is 0 Å². The third kappa shape index (κ3) is 3.15. The van der Waals surface area contributed by atoms with Crippen LogP contribution >= 0.6 is 43.6 Å². The molecule has 0 spiro atoms. The summed E-state index contributed by atoms with van der Waals surface area (Å²) in [5.74, 6) is 1.90. The standard InChI is InChI=1S/C15H13Br2NOS/c16-10-1-3-14-9(5-10)6-12(19-14)8-20-15-4-2-11(17)7-13(15)18/h1-5,7,12H,6,8,18H2. The smallest absolute Gasteiger partial charge is 0.123 e. The Morgan fingerprint density at radius 3 is 2.70 bits per heavy atom. The fourth-order valence-electron chi connectivity index (χ4n) is 2.22. The van der Waals surface area contributed by atoms with E-state index in [-0.39, 0.29) is 6.10 Å². The molecule has 0 bridgehead atoms. The molecule has 0 aromatic heterocycles. The maximum Gasteiger partial charge on any atom is 0.123 e. The van der Waals surface area contributed by atoms with Crippen LogP contribution < -0.4 is 10.5 Å². The lowest BCUT2D eigenvalue weighted by Gasteiger charge is -2.11.